The average Bonchev–Trinajstić information content (AvgIpc) is 2.81. The monoisotopic (exact) mass is 210 g/mol. The summed E-state index contributed by atoms with van der Waals surface area (Å²) in [5.41, 5.74) is 4.09. The Kier molecular flexibility index (Phi) is 2.78. The molecule has 0 heterocycles. The summed E-state index contributed by atoms with van der Waals surface area (Å²) in [4.78, 5) is 2.01. The lowest BCUT2D eigenvalue weighted by Gasteiger charge is -2.14. The number of hydrogen-bond donors (Lipinski definition) is 0. The van der Waals surface area contributed by atoms with Crippen LogP contribution in [-0.4, -0.2) is 14.1 Å². The molecule has 0 amide bonds. The van der Waals surface area contributed by atoms with E-state index in [9.17, 15) is 0 Å². The summed E-state index contributed by atoms with van der Waals surface area (Å²) in [6.07, 6.45) is 7.15. The first-order valence-corrected chi connectivity index (χ1v) is 5.30. The first-order valence-electron chi connectivity index (χ1n) is 5.30. The zero-order chi connectivity index (χ0) is 11.5. The molecule has 0 aliphatic heterocycles. The highest BCUT2D eigenvalue weighted by atomic mass is 15.1. The second-order valence-electron chi connectivity index (χ2n) is 4.06. The lowest BCUT2D eigenvalue weighted by Crippen LogP contribution is -2.09. The Balaban J connectivity index is 2.44. The third-order valence-electron chi connectivity index (χ3n) is 2.76. The van der Waals surface area contributed by atoms with Crippen molar-refractivity contribution in [2.45, 2.75) is 6.42 Å². The fourth-order valence-corrected chi connectivity index (χ4v) is 1.83. The van der Waals surface area contributed by atoms with E-state index in [1.807, 2.05) is 37.2 Å². The molecular formula is C14H14N2. The number of benzene rings is 1. The number of hydrogen-bond acceptors (Lipinski definition) is 2. The maximum absolute atomic E-state index is 9.17. The summed E-state index contributed by atoms with van der Waals surface area (Å²) >= 11 is 0. The van der Waals surface area contributed by atoms with Gasteiger partial charge in [-0.15, -0.1) is 0 Å². The van der Waals surface area contributed by atoms with E-state index in [1.54, 1.807) is 0 Å². The van der Waals surface area contributed by atoms with Crippen LogP contribution in [0.5, 0.6) is 0 Å². The molecule has 2 nitrogen and oxygen atoms in total. The van der Waals surface area contributed by atoms with E-state index < -0.39 is 0 Å². The Labute approximate surface area is 96.1 Å². The average molecular weight is 210 g/mol. The highest BCUT2D eigenvalue weighted by Crippen LogP contribution is 2.28. The SMILES string of the molecule is CN(C)c1ccc(C2=CC=CC2)c(C#N)c1. The predicted molar refractivity (Wildman–Crippen MR) is 67.2 cm³/mol. The van der Waals surface area contributed by atoms with Crippen LogP contribution in [0.15, 0.2) is 36.4 Å². The fourth-order valence-electron chi connectivity index (χ4n) is 1.83. The number of nitriles is 1. The van der Waals surface area contributed by atoms with Gasteiger partial charge in [0, 0.05) is 19.8 Å². The molecule has 2 heteroatoms. The van der Waals surface area contributed by atoms with E-state index in [-0.39, 0.29) is 0 Å². The molecule has 0 atom stereocenters. The van der Waals surface area contributed by atoms with E-state index in [4.69, 9.17) is 5.26 Å². The maximum atomic E-state index is 9.17. The van der Waals surface area contributed by atoms with Gasteiger partial charge < -0.3 is 4.90 Å². The highest BCUT2D eigenvalue weighted by molar-refractivity contribution is 5.76. The van der Waals surface area contributed by atoms with Gasteiger partial charge in [-0.2, -0.15) is 5.26 Å². The zero-order valence-corrected chi connectivity index (χ0v) is 9.57. The molecule has 0 N–H and O–H groups in total. The molecular weight excluding hydrogens is 196 g/mol. The number of allylic oxidation sites excluding steroid dienone is 4. The third-order valence-corrected chi connectivity index (χ3v) is 2.76. The summed E-state index contributed by atoms with van der Waals surface area (Å²) in [5, 5.41) is 9.17. The number of nitrogens with zero attached hydrogens (tertiary/aromatic N) is 2. The van der Waals surface area contributed by atoms with Gasteiger partial charge in [0.05, 0.1) is 11.6 Å². The van der Waals surface area contributed by atoms with Gasteiger partial charge in [0.15, 0.2) is 0 Å². The van der Waals surface area contributed by atoms with Crippen molar-refractivity contribution < 1.29 is 0 Å². The second-order valence-corrected chi connectivity index (χ2v) is 4.06. The molecule has 0 spiro atoms. The minimum atomic E-state index is 0.751. The molecule has 0 unspecified atom stereocenters. The Bertz CT molecular complexity index is 502. The van der Waals surface area contributed by atoms with Crippen LogP contribution in [0.1, 0.15) is 17.5 Å². The molecule has 0 bridgehead atoms. The van der Waals surface area contributed by atoms with Crippen molar-refractivity contribution >= 4 is 11.3 Å². The molecule has 0 saturated heterocycles. The third kappa shape index (κ3) is 1.85. The molecule has 0 radical (unpaired) electrons. The maximum Gasteiger partial charge on any atom is 0.0998 e. The standard InChI is InChI=1S/C14H14N2/c1-16(2)13-7-8-14(12(9-13)10-15)11-5-3-4-6-11/h3-5,7-9H,6H2,1-2H3. The van der Waals surface area contributed by atoms with Crippen molar-refractivity contribution in [1.29, 1.82) is 5.26 Å². The van der Waals surface area contributed by atoms with Crippen LogP contribution >= 0.6 is 0 Å². The molecule has 1 aromatic rings. The van der Waals surface area contributed by atoms with Crippen molar-refractivity contribution in [1.82, 2.24) is 0 Å². The van der Waals surface area contributed by atoms with Crippen molar-refractivity contribution in [3.63, 3.8) is 0 Å². The summed E-state index contributed by atoms with van der Waals surface area (Å²) < 4.78 is 0. The highest BCUT2D eigenvalue weighted by Gasteiger charge is 2.09. The van der Waals surface area contributed by atoms with Crippen LogP contribution in [0.2, 0.25) is 0 Å². The Morgan fingerprint density at radius 1 is 1.31 bits per heavy atom. The normalized spacial score (nSPS) is 13.4. The molecule has 1 aliphatic carbocycles. The summed E-state index contributed by atoms with van der Waals surface area (Å²) in [6.45, 7) is 0. The van der Waals surface area contributed by atoms with Gasteiger partial charge in [0.2, 0.25) is 0 Å². The number of anilines is 1. The van der Waals surface area contributed by atoms with Gasteiger partial charge in [-0.05, 0) is 29.7 Å². The second kappa shape index (κ2) is 4.24. The van der Waals surface area contributed by atoms with Gasteiger partial charge in [-0.25, -0.2) is 0 Å². The van der Waals surface area contributed by atoms with Crippen molar-refractivity contribution in [2.75, 3.05) is 19.0 Å². The van der Waals surface area contributed by atoms with E-state index in [2.05, 4.69) is 24.3 Å². The topological polar surface area (TPSA) is 27.0 Å². The largest absolute Gasteiger partial charge is 0.378 e. The van der Waals surface area contributed by atoms with Gasteiger partial charge in [0.25, 0.3) is 0 Å². The van der Waals surface area contributed by atoms with Crippen LogP contribution in [0.25, 0.3) is 5.57 Å². The molecule has 1 aromatic carbocycles. The molecule has 0 saturated carbocycles. The van der Waals surface area contributed by atoms with E-state index >= 15 is 0 Å². The van der Waals surface area contributed by atoms with Crippen LogP contribution in [0.3, 0.4) is 0 Å². The molecule has 80 valence electrons. The van der Waals surface area contributed by atoms with Crippen LogP contribution in [0, 0.1) is 11.3 Å². The predicted octanol–water partition coefficient (Wildman–Crippen LogP) is 2.97. The smallest absolute Gasteiger partial charge is 0.0998 e. The first kappa shape index (κ1) is 10.5. The van der Waals surface area contributed by atoms with Crippen LogP contribution in [-0.2, 0) is 0 Å². The van der Waals surface area contributed by atoms with E-state index in [1.165, 1.54) is 5.57 Å². The van der Waals surface area contributed by atoms with Crippen LogP contribution in [0.4, 0.5) is 5.69 Å². The van der Waals surface area contributed by atoms with E-state index in [0.29, 0.717) is 0 Å². The summed E-state index contributed by atoms with van der Waals surface area (Å²) in [5.74, 6) is 0. The summed E-state index contributed by atoms with van der Waals surface area (Å²) in [7, 11) is 3.96. The fraction of sp³-hybridized carbons (Fsp3) is 0.214. The van der Waals surface area contributed by atoms with Gasteiger partial charge >= 0.3 is 0 Å². The molecule has 16 heavy (non-hydrogen) atoms. The molecule has 0 aromatic heterocycles. The molecule has 0 fully saturated rings. The Morgan fingerprint density at radius 3 is 2.69 bits per heavy atom. The lowest BCUT2D eigenvalue weighted by atomic mass is 9.99. The van der Waals surface area contributed by atoms with Gasteiger partial charge in [-0.3, -0.25) is 0 Å². The minimum Gasteiger partial charge on any atom is -0.378 e. The first-order chi connectivity index (χ1) is 7.72. The quantitative estimate of drug-likeness (QED) is 0.750. The minimum absolute atomic E-state index is 0.751. The van der Waals surface area contributed by atoms with Crippen molar-refractivity contribution in [2.24, 2.45) is 0 Å². The van der Waals surface area contributed by atoms with Crippen molar-refractivity contribution in [3.05, 3.63) is 47.6 Å². The zero-order valence-electron chi connectivity index (χ0n) is 9.57. The Hall–Kier alpha value is -2.01. The number of rotatable bonds is 2. The van der Waals surface area contributed by atoms with Crippen molar-refractivity contribution in [3.8, 4) is 6.07 Å². The van der Waals surface area contributed by atoms with Crippen LogP contribution < -0.4 is 4.90 Å². The molecule has 2 rings (SSSR count). The van der Waals surface area contributed by atoms with Gasteiger partial charge in [-0.1, -0.05) is 24.3 Å². The molecule has 1 aliphatic rings. The van der Waals surface area contributed by atoms with E-state index in [0.717, 1.165) is 23.2 Å². The summed E-state index contributed by atoms with van der Waals surface area (Å²) in [6, 6.07) is 8.30. The lowest BCUT2D eigenvalue weighted by molar-refractivity contribution is 1.13. The Morgan fingerprint density at radius 2 is 2.12 bits per heavy atom. The van der Waals surface area contributed by atoms with Gasteiger partial charge in [0.1, 0.15) is 0 Å².